The van der Waals surface area contributed by atoms with Crippen LogP contribution < -0.4 is 11.5 Å². The van der Waals surface area contributed by atoms with E-state index in [1.54, 1.807) is 6.20 Å². The molecule has 0 aromatic carbocycles. The first kappa shape index (κ1) is 8.58. The SMILES string of the molecule is N/C=C(\N)CCCc1cn[nH]n1. The number of hydrogen-bond donors (Lipinski definition) is 3. The second kappa shape index (κ2) is 4.38. The monoisotopic (exact) mass is 167 g/mol. The third-order valence-electron chi connectivity index (χ3n) is 1.58. The van der Waals surface area contributed by atoms with E-state index in [4.69, 9.17) is 11.5 Å². The normalized spacial score (nSPS) is 11.8. The van der Waals surface area contributed by atoms with Gasteiger partial charge >= 0.3 is 0 Å². The average molecular weight is 167 g/mol. The third kappa shape index (κ3) is 2.61. The minimum Gasteiger partial charge on any atom is -0.403 e. The first-order chi connectivity index (χ1) is 5.83. The van der Waals surface area contributed by atoms with Gasteiger partial charge in [0.15, 0.2) is 0 Å². The lowest BCUT2D eigenvalue weighted by Gasteiger charge is -1.97. The Morgan fingerprint density at radius 3 is 3.08 bits per heavy atom. The van der Waals surface area contributed by atoms with Crippen LogP contribution in [0.2, 0.25) is 0 Å². The minimum atomic E-state index is 0.721. The molecule has 0 amide bonds. The maximum Gasteiger partial charge on any atom is 0.0824 e. The van der Waals surface area contributed by atoms with E-state index in [0.29, 0.717) is 0 Å². The lowest BCUT2D eigenvalue weighted by Crippen LogP contribution is -2.01. The standard InChI is InChI=1S/C7H13N5/c8-4-6(9)2-1-3-7-5-10-12-11-7/h4-5H,1-3,8-9H2,(H,10,11,12)/b6-4-. The van der Waals surface area contributed by atoms with Crippen molar-refractivity contribution >= 4 is 0 Å². The highest BCUT2D eigenvalue weighted by Gasteiger charge is 1.96. The molecule has 1 aromatic heterocycles. The maximum atomic E-state index is 5.50. The van der Waals surface area contributed by atoms with Gasteiger partial charge in [-0.15, -0.1) is 0 Å². The molecule has 1 rings (SSSR count). The van der Waals surface area contributed by atoms with E-state index in [1.165, 1.54) is 6.20 Å². The van der Waals surface area contributed by atoms with Gasteiger partial charge in [0.25, 0.3) is 0 Å². The summed E-state index contributed by atoms with van der Waals surface area (Å²) in [5, 5.41) is 10.2. The summed E-state index contributed by atoms with van der Waals surface area (Å²) in [6.45, 7) is 0. The number of nitrogens with zero attached hydrogens (tertiary/aromatic N) is 2. The molecule has 0 unspecified atom stereocenters. The molecule has 5 nitrogen and oxygen atoms in total. The highest BCUT2D eigenvalue weighted by atomic mass is 15.3. The molecule has 0 fully saturated rings. The Morgan fingerprint density at radius 2 is 2.50 bits per heavy atom. The van der Waals surface area contributed by atoms with Crippen LogP contribution >= 0.6 is 0 Å². The fourth-order valence-electron chi connectivity index (χ4n) is 0.903. The van der Waals surface area contributed by atoms with Crippen LogP contribution in [0.15, 0.2) is 18.1 Å². The zero-order valence-electron chi connectivity index (χ0n) is 6.83. The Labute approximate surface area is 70.8 Å². The first-order valence-corrected chi connectivity index (χ1v) is 3.84. The lowest BCUT2D eigenvalue weighted by atomic mass is 10.2. The molecular formula is C7H13N5. The van der Waals surface area contributed by atoms with Crippen LogP contribution in [0.5, 0.6) is 0 Å². The van der Waals surface area contributed by atoms with Gasteiger partial charge in [-0.3, -0.25) is 0 Å². The van der Waals surface area contributed by atoms with Crippen LogP contribution in [0.25, 0.3) is 0 Å². The zero-order valence-corrected chi connectivity index (χ0v) is 6.83. The van der Waals surface area contributed by atoms with Gasteiger partial charge in [0.1, 0.15) is 0 Å². The van der Waals surface area contributed by atoms with Crippen molar-refractivity contribution in [2.75, 3.05) is 0 Å². The van der Waals surface area contributed by atoms with Crippen molar-refractivity contribution < 1.29 is 0 Å². The van der Waals surface area contributed by atoms with E-state index in [0.717, 1.165) is 30.7 Å². The van der Waals surface area contributed by atoms with Crippen molar-refractivity contribution in [3.05, 3.63) is 23.8 Å². The molecule has 12 heavy (non-hydrogen) atoms. The van der Waals surface area contributed by atoms with Crippen LogP contribution in [0.4, 0.5) is 0 Å². The summed E-state index contributed by atoms with van der Waals surface area (Å²) in [5.74, 6) is 0. The first-order valence-electron chi connectivity index (χ1n) is 3.84. The summed E-state index contributed by atoms with van der Waals surface area (Å²) in [4.78, 5) is 0. The molecule has 0 aliphatic heterocycles. The minimum absolute atomic E-state index is 0.721. The number of rotatable bonds is 4. The summed E-state index contributed by atoms with van der Waals surface area (Å²) < 4.78 is 0. The number of H-pyrrole nitrogens is 1. The van der Waals surface area contributed by atoms with Crippen LogP contribution in [0.1, 0.15) is 18.5 Å². The average Bonchev–Trinajstić information content (AvgIpc) is 2.57. The largest absolute Gasteiger partial charge is 0.403 e. The quantitative estimate of drug-likeness (QED) is 0.583. The van der Waals surface area contributed by atoms with E-state index < -0.39 is 0 Å². The Morgan fingerprint density at radius 1 is 1.67 bits per heavy atom. The van der Waals surface area contributed by atoms with Gasteiger partial charge in [-0.25, -0.2) is 0 Å². The number of hydrogen-bond acceptors (Lipinski definition) is 4. The molecule has 0 saturated heterocycles. The van der Waals surface area contributed by atoms with Gasteiger partial charge in [0, 0.05) is 11.9 Å². The second-order valence-electron chi connectivity index (χ2n) is 2.56. The molecule has 0 spiro atoms. The number of aryl methyl sites for hydroxylation is 1. The molecule has 0 bridgehead atoms. The molecule has 0 saturated carbocycles. The zero-order chi connectivity index (χ0) is 8.81. The summed E-state index contributed by atoms with van der Waals surface area (Å²) in [5.41, 5.74) is 12.4. The fraction of sp³-hybridized carbons (Fsp3) is 0.429. The third-order valence-corrected chi connectivity index (χ3v) is 1.58. The van der Waals surface area contributed by atoms with E-state index in [-0.39, 0.29) is 0 Å². The van der Waals surface area contributed by atoms with Crippen molar-refractivity contribution in [2.24, 2.45) is 11.5 Å². The molecule has 5 N–H and O–H groups in total. The highest BCUT2D eigenvalue weighted by molar-refractivity contribution is 4.95. The number of allylic oxidation sites excluding steroid dienone is 1. The Bertz CT molecular complexity index is 238. The molecule has 0 aliphatic carbocycles. The predicted molar refractivity (Wildman–Crippen MR) is 45.8 cm³/mol. The van der Waals surface area contributed by atoms with E-state index in [9.17, 15) is 0 Å². The van der Waals surface area contributed by atoms with E-state index in [2.05, 4.69) is 15.4 Å². The van der Waals surface area contributed by atoms with Crippen LogP contribution in [0.3, 0.4) is 0 Å². The topological polar surface area (TPSA) is 93.6 Å². The van der Waals surface area contributed by atoms with Crippen LogP contribution in [0, 0.1) is 0 Å². The predicted octanol–water partition coefficient (Wildman–Crippen LogP) is -0.114. The number of aromatic nitrogens is 3. The number of aromatic amines is 1. The van der Waals surface area contributed by atoms with Crippen molar-refractivity contribution in [3.63, 3.8) is 0 Å². The van der Waals surface area contributed by atoms with Gasteiger partial charge in [-0.2, -0.15) is 15.4 Å². The molecule has 5 heteroatoms. The van der Waals surface area contributed by atoms with Crippen molar-refractivity contribution in [1.29, 1.82) is 0 Å². The van der Waals surface area contributed by atoms with Gasteiger partial charge < -0.3 is 11.5 Å². The van der Waals surface area contributed by atoms with E-state index in [1.807, 2.05) is 0 Å². The highest BCUT2D eigenvalue weighted by Crippen LogP contribution is 2.02. The lowest BCUT2D eigenvalue weighted by molar-refractivity contribution is 0.776. The summed E-state index contributed by atoms with van der Waals surface area (Å²) in [7, 11) is 0. The summed E-state index contributed by atoms with van der Waals surface area (Å²) in [6.07, 6.45) is 5.78. The molecule has 1 aromatic rings. The smallest absolute Gasteiger partial charge is 0.0824 e. The Kier molecular flexibility index (Phi) is 3.13. The number of nitrogens with two attached hydrogens (primary N) is 2. The fourth-order valence-corrected chi connectivity index (χ4v) is 0.903. The van der Waals surface area contributed by atoms with Gasteiger partial charge in [0.2, 0.25) is 0 Å². The van der Waals surface area contributed by atoms with Gasteiger partial charge in [-0.05, 0) is 19.3 Å². The van der Waals surface area contributed by atoms with Crippen LogP contribution in [-0.2, 0) is 6.42 Å². The van der Waals surface area contributed by atoms with Crippen LogP contribution in [-0.4, -0.2) is 15.4 Å². The van der Waals surface area contributed by atoms with Gasteiger partial charge in [-0.1, -0.05) is 0 Å². The van der Waals surface area contributed by atoms with E-state index >= 15 is 0 Å². The molecule has 0 aliphatic rings. The molecular weight excluding hydrogens is 154 g/mol. The molecule has 1 heterocycles. The molecule has 66 valence electrons. The summed E-state index contributed by atoms with van der Waals surface area (Å²) in [6, 6.07) is 0. The van der Waals surface area contributed by atoms with Gasteiger partial charge in [0.05, 0.1) is 11.9 Å². The van der Waals surface area contributed by atoms with Crippen molar-refractivity contribution in [2.45, 2.75) is 19.3 Å². The maximum absolute atomic E-state index is 5.50. The molecule has 0 radical (unpaired) electrons. The van der Waals surface area contributed by atoms with Crippen molar-refractivity contribution in [1.82, 2.24) is 15.4 Å². The number of nitrogens with one attached hydrogen (secondary N) is 1. The second-order valence-corrected chi connectivity index (χ2v) is 2.56. The van der Waals surface area contributed by atoms with Crippen molar-refractivity contribution in [3.8, 4) is 0 Å². The Balaban J connectivity index is 2.19. The molecule has 0 atom stereocenters. The summed E-state index contributed by atoms with van der Waals surface area (Å²) >= 11 is 0. The Hall–Kier alpha value is -1.52.